The molecule has 1 fully saturated rings. The summed E-state index contributed by atoms with van der Waals surface area (Å²) in [5.41, 5.74) is 0. The molecule has 0 bridgehead atoms. The predicted octanol–water partition coefficient (Wildman–Crippen LogP) is 3.57. The van der Waals surface area contributed by atoms with Crippen LogP contribution in [0.3, 0.4) is 0 Å². The Bertz CT molecular complexity index is 309. The molecule has 144 valence electrons. The molecule has 2 N–H and O–H groups in total. The first-order chi connectivity index (χ1) is 11.2. The number of aliphatic imine (C=N–C) groups is 1. The summed E-state index contributed by atoms with van der Waals surface area (Å²) in [7, 11) is 1.81. The minimum absolute atomic E-state index is 0. The highest BCUT2D eigenvalue weighted by atomic mass is 127. The number of halogens is 1. The summed E-state index contributed by atoms with van der Waals surface area (Å²) in [5.74, 6) is 1.47. The largest absolute Gasteiger partial charge is 0.381 e. The van der Waals surface area contributed by atoms with Crippen LogP contribution >= 0.6 is 24.0 Å². The molecule has 24 heavy (non-hydrogen) atoms. The van der Waals surface area contributed by atoms with E-state index in [1.54, 1.807) is 0 Å². The first-order valence-corrected chi connectivity index (χ1v) is 9.36. The Labute approximate surface area is 165 Å². The van der Waals surface area contributed by atoms with Crippen molar-refractivity contribution < 1.29 is 9.47 Å². The SMILES string of the molecule is CN=C(NCCCOCC(C)C)NCCCOC1CCCCC1.I. The second-order valence-corrected chi connectivity index (χ2v) is 6.73. The third-order valence-electron chi connectivity index (χ3n) is 3.95. The van der Waals surface area contributed by atoms with Crippen LogP contribution in [-0.4, -0.2) is 52.0 Å². The standard InChI is InChI=1S/C18H37N3O2.HI/c1-16(2)15-22-13-7-11-20-18(19-3)21-12-8-14-23-17-9-5-4-6-10-17;/h16-17H,4-15H2,1-3H3,(H2,19,20,21);1H. The number of nitrogens with one attached hydrogen (secondary N) is 2. The van der Waals surface area contributed by atoms with E-state index in [1.165, 1.54) is 32.1 Å². The Balaban J connectivity index is 0.00000529. The molecule has 5 nitrogen and oxygen atoms in total. The lowest BCUT2D eigenvalue weighted by Gasteiger charge is -2.22. The zero-order chi connectivity index (χ0) is 16.8. The van der Waals surface area contributed by atoms with Crippen LogP contribution in [0.1, 0.15) is 58.8 Å². The zero-order valence-electron chi connectivity index (χ0n) is 15.8. The Morgan fingerprint density at radius 2 is 1.67 bits per heavy atom. The highest BCUT2D eigenvalue weighted by Gasteiger charge is 2.12. The molecular weight excluding hydrogens is 417 g/mol. The molecule has 0 atom stereocenters. The Morgan fingerprint density at radius 1 is 1.04 bits per heavy atom. The normalized spacial score (nSPS) is 16.1. The van der Waals surface area contributed by atoms with Crippen LogP contribution < -0.4 is 10.6 Å². The van der Waals surface area contributed by atoms with E-state index in [9.17, 15) is 0 Å². The van der Waals surface area contributed by atoms with Gasteiger partial charge in [0, 0.05) is 40.0 Å². The molecule has 1 aliphatic carbocycles. The van der Waals surface area contributed by atoms with Crippen molar-refractivity contribution in [2.24, 2.45) is 10.9 Å². The maximum Gasteiger partial charge on any atom is 0.190 e. The number of nitrogens with zero attached hydrogens (tertiary/aromatic N) is 1. The fraction of sp³-hybridized carbons (Fsp3) is 0.944. The fourth-order valence-electron chi connectivity index (χ4n) is 2.68. The maximum atomic E-state index is 5.93. The number of rotatable bonds is 11. The van der Waals surface area contributed by atoms with Gasteiger partial charge in [0.05, 0.1) is 6.10 Å². The summed E-state index contributed by atoms with van der Waals surface area (Å²) in [6.45, 7) is 8.61. The van der Waals surface area contributed by atoms with Gasteiger partial charge in [0.15, 0.2) is 5.96 Å². The summed E-state index contributed by atoms with van der Waals surface area (Å²) >= 11 is 0. The van der Waals surface area contributed by atoms with Crippen molar-refractivity contribution in [1.29, 1.82) is 0 Å². The minimum Gasteiger partial charge on any atom is -0.381 e. The van der Waals surface area contributed by atoms with Crippen LogP contribution in [0.2, 0.25) is 0 Å². The van der Waals surface area contributed by atoms with E-state index < -0.39 is 0 Å². The number of guanidine groups is 1. The molecule has 0 aromatic rings. The molecule has 0 aromatic carbocycles. The second-order valence-electron chi connectivity index (χ2n) is 6.73. The third-order valence-corrected chi connectivity index (χ3v) is 3.95. The predicted molar refractivity (Wildman–Crippen MR) is 112 cm³/mol. The van der Waals surface area contributed by atoms with Crippen LogP contribution in [-0.2, 0) is 9.47 Å². The molecular formula is C18H38IN3O2. The minimum atomic E-state index is 0. The zero-order valence-corrected chi connectivity index (χ0v) is 18.1. The van der Waals surface area contributed by atoms with Gasteiger partial charge in [0.1, 0.15) is 0 Å². The van der Waals surface area contributed by atoms with Crippen molar-refractivity contribution >= 4 is 29.9 Å². The van der Waals surface area contributed by atoms with Gasteiger partial charge in [-0.25, -0.2) is 0 Å². The smallest absolute Gasteiger partial charge is 0.190 e. The number of ether oxygens (including phenoxy) is 2. The van der Waals surface area contributed by atoms with Crippen molar-refractivity contribution in [2.75, 3.05) is 40.0 Å². The second kappa shape index (κ2) is 16.4. The average molecular weight is 455 g/mol. The first kappa shape index (κ1) is 23.9. The van der Waals surface area contributed by atoms with E-state index in [4.69, 9.17) is 9.47 Å². The summed E-state index contributed by atoms with van der Waals surface area (Å²) in [4.78, 5) is 4.23. The topological polar surface area (TPSA) is 54.9 Å². The van der Waals surface area contributed by atoms with Gasteiger partial charge in [-0.2, -0.15) is 0 Å². The summed E-state index contributed by atoms with van der Waals surface area (Å²) < 4.78 is 11.5. The van der Waals surface area contributed by atoms with Crippen LogP contribution in [0.5, 0.6) is 0 Å². The highest BCUT2D eigenvalue weighted by molar-refractivity contribution is 14.0. The van der Waals surface area contributed by atoms with E-state index in [1.807, 2.05) is 7.05 Å². The molecule has 0 heterocycles. The lowest BCUT2D eigenvalue weighted by atomic mass is 9.98. The molecule has 0 saturated heterocycles. The molecule has 6 heteroatoms. The molecule has 1 saturated carbocycles. The van der Waals surface area contributed by atoms with E-state index in [0.717, 1.165) is 51.7 Å². The molecule has 0 spiro atoms. The van der Waals surface area contributed by atoms with Crippen LogP contribution in [0.25, 0.3) is 0 Å². The van der Waals surface area contributed by atoms with Gasteiger partial charge in [-0.1, -0.05) is 33.1 Å². The van der Waals surface area contributed by atoms with E-state index in [0.29, 0.717) is 12.0 Å². The molecule has 0 radical (unpaired) electrons. The Hall–Kier alpha value is -0.0800. The van der Waals surface area contributed by atoms with E-state index >= 15 is 0 Å². The molecule has 1 rings (SSSR count). The monoisotopic (exact) mass is 455 g/mol. The summed E-state index contributed by atoms with van der Waals surface area (Å²) in [5, 5.41) is 6.65. The molecule has 1 aliphatic rings. The Morgan fingerprint density at radius 3 is 2.25 bits per heavy atom. The van der Waals surface area contributed by atoms with Crippen LogP contribution in [0.15, 0.2) is 4.99 Å². The first-order valence-electron chi connectivity index (χ1n) is 9.36. The van der Waals surface area contributed by atoms with Crippen LogP contribution in [0.4, 0.5) is 0 Å². The lowest BCUT2D eigenvalue weighted by Crippen LogP contribution is -2.38. The Kier molecular flexibility index (Phi) is 16.3. The lowest BCUT2D eigenvalue weighted by molar-refractivity contribution is 0.0277. The summed E-state index contributed by atoms with van der Waals surface area (Å²) in [6, 6.07) is 0. The molecule has 0 aromatic heterocycles. The van der Waals surface area contributed by atoms with E-state index in [2.05, 4.69) is 29.5 Å². The van der Waals surface area contributed by atoms with Gasteiger partial charge in [-0.15, -0.1) is 24.0 Å². The quantitative estimate of drug-likeness (QED) is 0.217. The van der Waals surface area contributed by atoms with Crippen molar-refractivity contribution in [3.8, 4) is 0 Å². The van der Waals surface area contributed by atoms with Gasteiger partial charge < -0.3 is 20.1 Å². The molecule has 0 unspecified atom stereocenters. The van der Waals surface area contributed by atoms with Crippen molar-refractivity contribution in [1.82, 2.24) is 10.6 Å². The third kappa shape index (κ3) is 13.2. The molecule has 0 amide bonds. The fourth-order valence-corrected chi connectivity index (χ4v) is 2.68. The maximum absolute atomic E-state index is 5.93. The van der Waals surface area contributed by atoms with Gasteiger partial charge >= 0.3 is 0 Å². The average Bonchev–Trinajstić information content (AvgIpc) is 2.56. The van der Waals surface area contributed by atoms with Crippen molar-refractivity contribution in [3.05, 3.63) is 0 Å². The number of hydrogen-bond donors (Lipinski definition) is 2. The van der Waals surface area contributed by atoms with Gasteiger partial charge in [0.2, 0.25) is 0 Å². The van der Waals surface area contributed by atoms with Crippen LogP contribution in [0, 0.1) is 5.92 Å². The van der Waals surface area contributed by atoms with E-state index in [-0.39, 0.29) is 24.0 Å². The number of hydrogen-bond acceptors (Lipinski definition) is 3. The van der Waals surface area contributed by atoms with Gasteiger partial charge in [-0.3, -0.25) is 4.99 Å². The summed E-state index contributed by atoms with van der Waals surface area (Å²) in [6.07, 6.45) is 9.07. The molecule has 0 aliphatic heterocycles. The van der Waals surface area contributed by atoms with Crippen molar-refractivity contribution in [2.45, 2.75) is 64.9 Å². The highest BCUT2D eigenvalue weighted by Crippen LogP contribution is 2.20. The van der Waals surface area contributed by atoms with Gasteiger partial charge in [-0.05, 0) is 31.6 Å². The van der Waals surface area contributed by atoms with Gasteiger partial charge in [0.25, 0.3) is 0 Å². The van der Waals surface area contributed by atoms with Crippen molar-refractivity contribution in [3.63, 3.8) is 0 Å².